The molecule has 0 N–H and O–H groups in total. The maximum absolute atomic E-state index is 6.05. The third-order valence-electron chi connectivity index (χ3n) is 4.18. The number of methoxy groups -OCH3 is 1. The summed E-state index contributed by atoms with van der Waals surface area (Å²) in [7, 11) is 1.67. The van der Waals surface area contributed by atoms with Crippen LogP contribution >= 0.6 is 0 Å². The number of benzene rings is 1. The van der Waals surface area contributed by atoms with Crippen LogP contribution in [0.25, 0.3) is 0 Å². The van der Waals surface area contributed by atoms with Gasteiger partial charge in [-0.1, -0.05) is 12.1 Å². The first-order valence-corrected chi connectivity index (χ1v) is 8.15. The van der Waals surface area contributed by atoms with E-state index in [0.29, 0.717) is 12.4 Å². The number of aromatic nitrogens is 2. The first-order valence-electron chi connectivity index (χ1n) is 8.15. The van der Waals surface area contributed by atoms with Crippen molar-refractivity contribution in [3.63, 3.8) is 0 Å². The predicted octanol–water partition coefficient (Wildman–Crippen LogP) is 4.46. The lowest BCUT2D eigenvalue weighted by Crippen LogP contribution is -2.15. The summed E-state index contributed by atoms with van der Waals surface area (Å²) in [6, 6.07) is 12.0. The van der Waals surface area contributed by atoms with Gasteiger partial charge >= 0.3 is 0 Å². The first kappa shape index (κ1) is 15.4. The molecule has 0 radical (unpaired) electrons. The number of ether oxygens (including phenoxy) is 2. The van der Waals surface area contributed by atoms with Crippen molar-refractivity contribution >= 4 is 17.3 Å². The molecule has 0 unspecified atom stereocenters. The minimum Gasteiger partial charge on any atom is -0.495 e. The lowest BCUT2D eigenvalue weighted by atomic mass is 10.1. The fourth-order valence-electron chi connectivity index (χ4n) is 3.04. The number of rotatable bonds is 2. The standard InChI is InChI=1S/C20H19N3O2/c1-13-8-15-12-25-18-9-14(2)11-22-20(18)23(19(15)21-10-13)16-6-4-5-7-17(16)24-3/h4-11H,12H2,1-3H3. The lowest BCUT2D eigenvalue weighted by molar-refractivity contribution is 0.309. The second kappa shape index (κ2) is 6.09. The average Bonchev–Trinajstić information content (AvgIpc) is 2.78. The van der Waals surface area contributed by atoms with E-state index in [1.54, 1.807) is 7.11 Å². The average molecular weight is 333 g/mol. The van der Waals surface area contributed by atoms with Crippen LogP contribution in [0, 0.1) is 13.8 Å². The molecule has 5 nitrogen and oxygen atoms in total. The molecule has 0 fully saturated rings. The minimum atomic E-state index is 0.452. The molecule has 0 amide bonds. The highest BCUT2D eigenvalue weighted by molar-refractivity contribution is 5.81. The van der Waals surface area contributed by atoms with Gasteiger partial charge in [-0.25, -0.2) is 9.97 Å². The van der Waals surface area contributed by atoms with E-state index in [1.807, 2.05) is 61.5 Å². The van der Waals surface area contributed by atoms with Crippen molar-refractivity contribution in [1.82, 2.24) is 9.97 Å². The van der Waals surface area contributed by atoms with Crippen LogP contribution in [0.4, 0.5) is 17.3 Å². The normalized spacial score (nSPS) is 12.7. The fraction of sp³-hybridized carbons (Fsp3) is 0.200. The summed E-state index contributed by atoms with van der Waals surface area (Å²) in [6.07, 6.45) is 3.70. The Bertz CT molecular complexity index is 886. The molecule has 0 bridgehead atoms. The number of hydrogen-bond acceptors (Lipinski definition) is 5. The zero-order chi connectivity index (χ0) is 17.4. The van der Waals surface area contributed by atoms with Crippen molar-refractivity contribution in [3.05, 3.63) is 65.5 Å². The zero-order valence-corrected chi connectivity index (χ0v) is 14.5. The van der Waals surface area contributed by atoms with Crippen LogP contribution in [0.2, 0.25) is 0 Å². The summed E-state index contributed by atoms with van der Waals surface area (Å²) in [5.41, 5.74) is 4.04. The van der Waals surface area contributed by atoms with Gasteiger partial charge in [0.2, 0.25) is 0 Å². The second-order valence-corrected chi connectivity index (χ2v) is 6.13. The van der Waals surface area contributed by atoms with Gasteiger partial charge in [0.15, 0.2) is 11.6 Å². The second-order valence-electron chi connectivity index (χ2n) is 6.13. The highest BCUT2D eigenvalue weighted by Gasteiger charge is 2.27. The summed E-state index contributed by atoms with van der Waals surface area (Å²) in [4.78, 5) is 11.3. The molecule has 0 atom stereocenters. The number of anilines is 3. The third-order valence-corrected chi connectivity index (χ3v) is 4.18. The van der Waals surface area contributed by atoms with Crippen LogP contribution in [-0.2, 0) is 6.61 Å². The molecule has 2 aromatic heterocycles. The number of nitrogens with zero attached hydrogens (tertiary/aromatic N) is 3. The van der Waals surface area contributed by atoms with Crippen molar-refractivity contribution < 1.29 is 9.47 Å². The van der Waals surface area contributed by atoms with Crippen molar-refractivity contribution in [2.75, 3.05) is 12.0 Å². The molecule has 3 heterocycles. The summed E-state index contributed by atoms with van der Waals surface area (Å²) < 4.78 is 11.6. The SMILES string of the molecule is COc1ccccc1N1c2ncc(C)cc2COc2cc(C)cnc21. The maximum atomic E-state index is 6.05. The molecule has 5 heteroatoms. The number of fused-ring (bicyclic) bond motifs is 2. The molecular weight excluding hydrogens is 314 g/mol. The largest absolute Gasteiger partial charge is 0.495 e. The van der Waals surface area contributed by atoms with Gasteiger partial charge in [0.05, 0.1) is 12.8 Å². The maximum Gasteiger partial charge on any atom is 0.181 e. The molecular formula is C20H19N3O2. The highest BCUT2D eigenvalue weighted by Crippen LogP contribution is 2.45. The van der Waals surface area contributed by atoms with Gasteiger partial charge in [-0.3, -0.25) is 4.90 Å². The summed E-state index contributed by atoms with van der Waals surface area (Å²) in [6.45, 7) is 4.49. The number of hydrogen-bond donors (Lipinski definition) is 0. The van der Waals surface area contributed by atoms with Gasteiger partial charge in [-0.05, 0) is 49.2 Å². The van der Waals surface area contributed by atoms with E-state index < -0.39 is 0 Å². The van der Waals surface area contributed by atoms with E-state index in [-0.39, 0.29) is 0 Å². The van der Waals surface area contributed by atoms with E-state index in [9.17, 15) is 0 Å². The molecule has 0 aliphatic carbocycles. The van der Waals surface area contributed by atoms with Gasteiger partial charge in [-0.15, -0.1) is 0 Å². The summed E-state index contributed by atoms with van der Waals surface area (Å²) in [5.74, 6) is 3.02. The molecule has 3 aromatic rings. The lowest BCUT2D eigenvalue weighted by Gasteiger charge is -2.25. The van der Waals surface area contributed by atoms with Gasteiger partial charge < -0.3 is 9.47 Å². The number of para-hydroxylation sites is 2. The van der Waals surface area contributed by atoms with Crippen LogP contribution in [0.3, 0.4) is 0 Å². The van der Waals surface area contributed by atoms with Crippen LogP contribution in [-0.4, -0.2) is 17.1 Å². The van der Waals surface area contributed by atoms with Crippen LogP contribution in [0.15, 0.2) is 48.8 Å². The molecule has 126 valence electrons. The molecule has 1 aromatic carbocycles. The van der Waals surface area contributed by atoms with Crippen LogP contribution in [0.5, 0.6) is 11.5 Å². The van der Waals surface area contributed by atoms with E-state index in [4.69, 9.17) is 9.47 Å². The first-order chi connectivity index (χ1) is 12.2. The zero-order valence-electron chi connectivity index (χ0n) is 14.5. The number of pyridine rings is 2. The Balaban J connectivity index is 2.01. The Morgan fingerprint density at radius 2 is 1.72 bits per heavy atom. The Morgan fingerprint density at radius 1 is 1.00 bits per heavy atom. The van der Waals surface area contributed by atoms with E-state index >= 15 is 0 Å². The van der Waals surface area contributed by atoms with Crippen molar-refractivity contribution in [2.45, 2.75) is 20.5 Å². The van der Waals surface area contributed by atoms with Gasteiger partial charge in [0.1, 0.15) is 18.2 Å². The van der Waals surface area contributed by atoms with Gasteiger partial charge in [0, 0.05) is 18.0 Å². The van der Waals surface area contributed by atoms with E-state index in [0.717, 1.165) is 39.7 Å². The summed E-state index contributed by atoms with van der Waals surface area (Å²) in [5, 5.41) is 0. The quantitative estimate of drug-likeness (QED) is 0.693. The van der Waals surface area contributed by atoms with Gasteiger partial charge in [0.25, 0.3) is 0 Å². The minimum absolute atomic E-state index is 0.452. The topological polar surface area (TPSA) is 47.5 Å². The Hall–Kier alpha value is -3.08. The summed E-state index contributed by atoms with van der Waals surface area (Å²) >= 11 is 0. The van der Waals surface area contributed by atoms with Crippen molar-refractivity contribution in [3.8, 4) is 11.5 Å². The molecule has 4 rings (SSSR count). The predicted molar refractivity (Wildman–Crippen MR) is 97.1 cm³/mol. The van der Waals surface area contributed by atoms with Gasteiger partial charge in [-0.2, -0.15) is 0 Å². The monoisotopic (exact) mass is 333 g/mol. The molecule has 25 heavy (non-hydrogen) atoms. The Labute approximate surface area is 146 Å². The molecule has 0 saturated carbocycles. The molecule has 1 aliphatic rings. The fourth-order valence-corrected chi connectivity index (χ4v) is 3.04. The smallest absolute Gasteiger partial charge is 0.181 e. The molecule has 1 aliphatic heterocycles. The third kappa shape index (κ3) is 2.67. The molecule has 0 saturated heterocycles. The van der Waals surface area contributed by atoms with Crippen LogP contribution in [0.1, 0.15) is 16.7 Å². The van der Waals surface area contributed by atoms with E-state index in [2.05, 4.69) is 16.0 Å². The highest BCUT2D eigenvalue weighted by atomic mass is 16.5. The van der Waals surface area contributed by atoms with Crippen LogP contribution < -0.4 is 14.4 Å². The van der Waals surface area contributed by atoms with Crippen molar-refractivity contribution in [2.24, 2.45) is 0 Å². The number of aryl methyl sites for hydroxylation is 2. The van der Waals surface area contributed by atoms with E-state index in [1.165, 1.54) is 0 Å². The molecule has 0 spiro atoms. The Morgan fingerprint density at radius 3 is 2.52 bits per heavy atom. The Kier molecular flexibility index (Phi) is 3.76. The van der Waals surface area contributed by atoms with Crippen molar-refractivity contribution in [1.29, 1.82) is 0 Å².